The van der Waals surface area contributed by atoms with Gasteiger partial charge in [0.1, 0.15) is 5.69 Å². The van der Waals surface area contributed by atoms with E-state index in [9.17, 15) is 4.79 Å². The van der Waals surface area contributed by atoms with Crippen LogP contribution in [0.2, 0.25) is 0 Å². The van der Waals surface area contributed by atoms with Crippen LogP contribution >= 0.6 is 0 Å². The van der Waals surface area contributed by atoms with Crippen molar-refractivity contribution in [2.24, 2.45) is 0 Å². The van der Waals surface area contributed by atoms with Crippen LogP contribution in [0.15, 0.2) is 54.6 Å². The molecule has 0 spiro atoms. The normalized spacial score (nSPS) is 14.2. The molecule has 1 aliphatic heterocycles. The molecule has 1 fully saturated rings. The summed E-state index contributed by atoms with van der Waals surface area (Å²) in [6.07, 6.45) is 0. The lowest BCUT2D eigenvalue weighted by Gasteiger charge is -2.29. The molecule has 0 unspecified atom stereocenters. The number of hydrogen-bond donors (Lipinski definition) is 2. The van der Waals surface area contributed by atoms with Crippen LogP contribution in [-0.4, -0.2) is 42.4 Å². The second kappa shape index (κ2) is 7.63. The van der Waals surface area contributed by atoms with E-state index in [1.165, 1.54) is 0 Å². The number of carbonyl (C=O) groups excluding carboxylic acids is 1. The first kappa shape index (κ1) is 17.3. The van der Waals surface area contributed by atoms with Crippen LogP contribution in [0, 0.1) is 6.92 Å². The Morgan fingerprint density at radius 3 is 2.67 bits per heavy atom. The molecule has 6 heteroatoms. The van der Waals surface area contributed by atoms with Gasteiger partial charge in [-0.2, -0.15) is 5.10 Å². The quantitative estimate of drug-likeness (QED) is 0.746. The molecule has 27 heavy (non-hydrogen) atoms. The van der Waals surface area contributed by atoms with Gasteiger partial charge in [0.25, 0.3) is 5.91 Å². The minimum Gasteiger partial charge on any atom is -0.378 e. The number of nitrogens with zero attached hydrogens (tertiary/aromatic N) is 2. The minimum absolute atomic E-state index is 0.193. The number of H-pyrrole nitrogens is 1. The van der Waals surface area contributed by atoms with Crippen LogP contribution in [0.4, 0.5) is 11.4 Å². The topological polar surface area (TPSA) is 70.2 Å². The SMILES string of the molecule is Cc1c(-c2ccccc2)n[nH]c1C(=O)Nc1cccc(N2CCOCC2)c1. The maximum Gasteiger partial charge on any atom is 0.273 e. The molecule has 1 saturated heterocycles. The number of anilines is 2. The first-order valence-corrected chi connectivity index (χ1v) is 9.07. The van der Waals surface area contributed by atoms with Crippen molar-refractivity contribution in [3.63, 3.8) is 0 Å². The molecule has 0 atom stereocenters. The van der Waals surface area contributed by atoms with Crippen LogP contribution < -0.4 is 10.2 Å². The zero-order valence-corrected chi connectivity index (χ0v) is 15.2. The van der Waals surface area contributed by atoms with E-state index in [4.69, 9.17) is 4.74 Å². The van der Waals surface area contributed by atoms with Crippen molar-refractivity contribution < 1.29 is 9.53 Å². The Balaban J connectivity index is 1.52. The van der Waals surface area contributed by atoms with E-state index in [1.807, 2.05) is 55.5 Å². The molecule has 1 amide bonds. The number of benzene rings is 2. The van der Waals surface area contributed by atoms with Gasteiger partial charge in [-0.3, -0.25) is 9.89 Å². The third-order valence-electron chi connectivity index (χ3n) is 4.76. The van der Waals surface area contributed by atoms with Gasteiger partial charge in [0.15, 0.2) is 0 Å². The average Bonchev–Trinajstić information content (AvgIpc) is 3.11. The monoisotopic (exact) mass is 362 g/mol. The number of aromatic nitrogens is 2. The van der Waals surface area contributed by atoms with Crippen LogP contribution in [0.5, 0.6) is 0 Å². The number of nitrogens with one attached hydrogen (secondary N) is 2. The Labute approximate surface area is 158 Å². The van der Waals surface area contributed by atoms with Crippen molar-refractivity contribution in [3.05, 3.63) is 65.9 Å². The van der Waals surface area contributed by atoms with Gasteiger partial charge in [-0.25, -0.2) is 0 Å². The van der Waals surface area contributed by atoms with Gasteiger partial charge >= 0.3 is 0 Å². The van der Waals surface area contributed by atoms with E-state index in [-0.39, 0.29) is 5.91 Å². The summed E-state index contributed by atoms with van der Waals surface area (Å²) in [4.78, 5) is 15.0. The molecule has 6 nitrogen and oxygen atoms in total. The van der Waals surface area contributed by atoms with Gasteiger partial charge in [-0.15, -0.1) is 0 Å². The first-order chi connectivity index (χ1) is 13.2. The fraction of sp³-hybridized carbons (Fsp3) is 0.238. The molecule has 2 aromatic carbocycles. The average molecular weight is 362 g/mol. The molecule has 0 bridgehead atoms. The third-order valence-corrected chi connectivity index (χ3v) is 4.76. The van der Waals surface area contributed by atoms with Crippen molar-refractivity contribution in [1.82, 2.24) is 10.2 Å². The molecule has 138 valence electrons. The number of carbonyl (C=O) groups is 1. The predicted molar refractivity (Wildman–Crippen MR) is 106 cm³/mol. The van der Waals surface area contributed by atoms with E-state index in [0.717, 1.165) is 54.5 Å². The molecule has 0 radical (unpaired) electrons. The molecular formula is C21H22N4O2. The van der Waals surface area contributed by atoms with Crippen molar-refractivity contribution in [2.75, 3.05) is 36.5 Å². The number of morpholine rings is 1. The molecule has 1 aliphatic rings. The fourth-order valence-corrected chi connectivity index (χ4v) is 3.29. The number of hydrogen-bond acceptors (Lipinski definition) is 4. The minimum atomic E-state index is -0.193. The lowest BCUT2D eigenvalue weighted by atomic mass is 10.1. The summed E-state index contributed by atoms with van der Waals surface area (Å²) in [6, 6.07) is 17.7. The van der Waals surface area contributed by atoms with Gasteiger partial charge < -0.3 is 15.0 Å². The molecule has 1 aromatic heterocycles. The van der Waals surface area contributed by atoms with Gasteiger partial charge in [-0.1, -0.05) is 36.4 Å². The van der Waals surface area contributed by atoms with Crippen molar-refractivity contribution in [2.45, 2.75) is 6.92 Å². The highest BCUT2D eigenvalue weighted by atomic mass is 16.5. The predicted octanol–water partition coefficient (Wildman–Crippen LogP) is 3.47. The summed E-state index contributed by atoms with van der Waals surface area (Å²) < 4.78 is 5.40. The van der Waals surface area contributed by atoms with Gasteiger partial charge in [0.2, 0.25) is 0 Å². The van der Waals surface area contributed by atoms with Crippen LogP contribution in [0.25, 0.3) is 11.3 Å². The van der Waals surface area contributed by atoms with Crippen LogP contribution in [0.1, 0.15) is 16.1 Å². The highest BCUT2D eigenvalue weighted by Crippen LogP contribution is 2.24. The number of ether oxygens (including phenoxy) is 1. The van der Waals surface area contributed by atoms with Gasteiger partial charge in [-0.05, 0) is 25.1 Å². The Hall–Kier alpha value is -3.12. The Morgan fingerprint density at radius 1 is 1.11 bits per heavy atom. The summed E-state index contributed by atoms with van der Waals surface area (Å²) in [7, 11) is 0. The molecule has 2 heterocycles. The fourth-order valence-electron chi connectivity index (χ4n) is 3.29. The Bertz CT molecular complexity index is 930. The number of rotatable bonds is 4. The van der Waals surface area contributed by atoms with E-state index < -0.39 is 0 Å². The molecule has 4 rings (SSSR count). The molecule has 2 N–H and O–H groups in total. The smallest absolute Gasteiger partial charge is 0.273 e. The van der Waals surface area contributed by atoms with E-state index in [1.54, 1.807) is 0 Å². The van der Waals surface area contributed by atoms with Crippen molar-refractivity contribution in [1.29, 1.82) is 0 Å². The van der Waals surface area contributed by atoms with Crippen molar-refractivity contribution in [3.8, 4) is 11.3 Å². The molecule has 0 aliphatic carbocycles. The Kier molecular flexibility index (Phi) is 4.89. The first-order valence-electron chi connectivity index (χ1n) is 9.07. The maximum atomic E-state index is 12.8. The standard InChI is InChI=1S/C21H22N4O2/c1-15-19(16-6-3-2-4-7-16)23-24-20(15)21(26)22-17-8-5-9-18(14-17)25-10-12-27-13-11-25/h2-9,14H,10-13H2,1H3,(H,22,26)(H,23,24). The van der Waals surface area contributed by atoms with Gasteiger partial charge in [0.05, 0.1) is 18.9 Å². The van der Waals surface area contributed by atoms with Crippen molar-refractivity contribution >= 4 is 17.3 Å². The second-order valence-corrected chi connectivity index (χ2v) is 6.54. The lowest BCUT2D eigenvalue weighted by molar-refractivity contribution is 0.102. The van der Waals surface area contributed by atoms with Gasteiger partial charge in [0, 0.05) is 35.6 Å². The second-order valence-electron chi connectivity index (χ2n) is 6.54. The summed E-state index contributed by atoms with van der Waals surface area (Å²) in [5.74, 6) is -0.193. The number of amides is 1. The zero-order chi connectivity index (χ0) is 18.6. The lowest BCUT2D eigenvalue weighted by Crippen LogP contribution is -2.36. The van der Waals surface area contributed by atoms with E-state index in [0.29, 0.717) is 5.69 Å². The maximum absolute atomic E-state index is 12.8. The van der Waals surface area contributed by atoms with E-state index >= 15 is 0 Å². The summed E-state index contributed by atoms with van der Waals surface area (Å²) in [5, 5.41) is 10.2. The largest absolute Gasteiger partial charge is 0.378 e. The summed E-state index contributed by atoms with van der Waals surface area (Å²) in [6.45, 7) is 5.08. The molecule has 0 saturated carbocycles. The third kappa shape index (κ3) is 3.71. The van der Waals surface area contributed by atoms with Crippen LogP contribution in [-0.2, 0) is 4.74 Å². The summed E-state index contributed by atoms with van der Waals surface area (Å²) >= 11 is 0. The highest BCUT2D eigenvalue weighted by Gasteiger charge is 2.18. The highest BCUT2D eigenvalue weighted by molar-refractivity contribution is 6.05. The van der Waals surface area contributed by atoms with E-state index in [2.05, 4.69) is 26.5 Å². The molecule has 3 aromatic rings. The zero-order valence-electron chi connectivity index (χ0n) is 15.2. The number of aromatic amines is 1. The summed E-state index contributed by atoms with van der Waals surface area (Å²) in [5.41, 5.74) is 4.94. The molecular weight excluding hydrogens is 340 g/mol. The Morgan fingerprint density at radius 2 is 1.89 bits per heavy atom. The van der Waals surface area contributed by atoms with Crippen LogP contribution in [0.3, 0.4) is 0 Å².